The van der Waals surface area contributed by atoms with Crippen LogP contribution in [-0.4, -0.2) is 27.8 Å². The number of carbonyl (C=O) groups is 1. The van der Waals surface area contributed by atoms with Crippen molar-refractivity contribution in [1.29, 1.82) is 0 Å². The van der Waals surface area contributed by atoms with Crippen molar-refractivity contribution in [1.82, 2.24) is 14.9 Å². The maximum absolute atomic E-state index is 13.5. The molecule has 0 spiro atoms. The van der Waals surface area contributed by atoms with Crippen LogP contribution in [0.3, 0.4) is 0 Å². The van der Waals surface area contributed by atoms with E-state index in [2.05, 4.69) is 22.4 Å². The van der Waals surface area contributed by atoms with E-state index in [0.29, 0.717) is 17.4 Å². The highest BCUT2D eigenvalue weighted by Gasteiger charge is 2.44. The van der Waals surface area contributed by atoms with Gasteiger partial charge < -0.3 is 5.32 Å². The topological polar surface area (TPSA) is 46.9 Å². The van der Waals surface area contributed by atoms with E-state index in [1.54, 1.807) is 23.0 Å². The van der Waals surface area contributed by atoms with Gasteiger partial charge in [0.05, 0.1) is 11.4 Å². The second-order valence-electron chi connectivity index (χ2n) is 6.77. The fourth-order valence-corrected chi connectivity index (χ4v) is 3.98. The molecule has 1 aliphatic rings. The fraction of sp³-hybridized carbons (Fsp3) is 0.238. The van der Waals surface area contributed by atoms with Gasteiger partial charge >= 0.3 is 0 Å². The van der Waals surface area contributed by atoms with Crippen molar-refractivity contribution >= 4 is 17.7 Å². The Hall–Kier alpha value is -2.60. The van der Waals surface area contributed by atoms with Crippen LogP contribution in [0.4, 0.5) is 4.39 Å². The number of hydrogen-bond acceptors (Lipinski definition) is 3. The Bertz CT molecular complexity index is 937. The molecule has 0 unspecified atom stereocenters. The van der Waals surface area contributed by atoms with Gasteiger partial charge in [-0.25, -0.2) is 9.37 Å². The SMILES string of the molecule is O=C(CSc1nccn1-c1cccc(F)c1)NCC1(c2ccccc2)CC1. The summed E-state index contributed by atoms with van der Waals surface area (Å²) >= 11 is 1.35. The maximum atomic E-state index is 13.5. The largest absolute Gasteiger partial charge is 0.354 e. The van der Waals surface area contributed by atoms with Gasteiger partial charge in [0.15, 0.2) is 5.16 Å². The number of amides is 1. The molecule has 1 saturated carbocycles. The van der Waals surface area contributed by atoms with Gasteiger partial charge in [-0.05, 0) is 36.6 Å². The molecule has 0 radical (unpaired) electrons. The molecule has 1 amide bonds. The van der Waals surface area contributed by atoms with E-state index in [9.17, 15) is 9.18 Å². The number of carbonyl (C=O) groups excluding carboxylic acids is 1. The first-order valence-electron chi connectivity index (χ1n) is 8.91. The molecule has 0 aliphatic heterocycles. The molecule has 3 aromatic rings. The molecule has 0 atom stereocenters. The van der Waals surface area contributed by atoms with Crippen LogP contribution in [-0.2, 0) is 10.2 Å². The zero-order chi connectivity index (χ0) is 18.7. The average Bonchev–Trinajstić information content (AvgIpc) is 3.34. The Morgan fingerprint density at radius 3 is 2.74 bits per heavy atom. The van der Waals surface area contributed by atoms with E-state index in [0.717, 1.165) is 12.8 Å². The summed E-state index contributed by atoms with van der Waals surface area (Å²) in [6, 6.07) is 16.7. The summed E-state index contributed by atoms with van der Waals surface area (Å²) in [5, 5.41) is 3.72. The van der Waals surface area contributed by atoms with Crippen LogP contribution in [0, 0.1) is 5.82 Å². The first-order valence-corrected chi connectivity index (χ1v) is 9.89. The second-order valence-corrected chi connectivity index (χ2v) is 7.71. The monoisotopic (exact) mass is 381 g/mol. The first-order chi connectivity index (χ1) is 13.2. The van der Waals surface area contributed by atoms with Crippen LogP contribution in [0.2, 0.25) is 0 Å². The number of benzene rings is 2. The van der Waals surface area contributed by atoms with Crippen molar-refractivity contribution in [3.05, 3.63) is 78.4 Å². The number of hydrogen-bond donors (Lipinski definition) is 1. The van der Waals surface area contributed by atoms with Gasteiger partial charge in [0.25, 0.3) is 0 Å². The molecule has 1 fully saturated rings. The maximum Gasteiger partial charge on any atom is 0.230 e. The number of imidazole rings is 1. The van der Waals surface area contributed by atoms with Gasteiger partial charge in [-0.3, -0.25) is 9.36 Å². The van der Waals surface area contributed by atoms with E-state index in [4.69, 9.17) is 0 Å². The number of thioether (sulfide) groups is 1. The van der Waals surface area contributed by atoms with E-state index in [-0.39, 0.29) is 22.9 Å². The van der Waals surface area contributed by atoms with Crippen molar-refractivity contribution in [3.8, 4) is 5.69 Å². The Balaban J connectivity index is 1.34. The molecule has 2 aromatic carbocycles. The minimum atomic E-state index is -0.300. The predicted molar refractivity (Wildman–Crippen MR) is 105 cm³/mol. The van der Waals surface area contributed by atoms with Gasteiger partial charge in [0.1, 0.15) is 5.82 Å². The molecule has 1 N–H and O–H groups in total. The van der Waals surface area contributed by atoms with E-state index in [1.807, 2.05) is 24.3 Å². The van der Waals surface area contributed by atoms with E-state index < -0.39 is 0 Å². The van der Waals surface area contributed by atoms with Gasteiger partial charge in [-0.2, -0.15) is 0 Å². The van der Waals surface area contributed by atoms with Gasteiger partial charge in [-0.15, -0.1) is 0 Å². The van der Waals surface area contributed by atoms with Gasteiger partial charge in [0.2, 0.25) is 5.91 Å². The normalized spacial score (nSPS) is 14.7. The molecule has 4 rings (SSSR count). The van der Waals surface area contributed by atoms with Crippen molar-refractivity contribution in [3.63, 3.8) is 0 Å². The Labute approximate surface area is 161 Å². The molecule has 0 saturated heterocycles. The molecule has 1 aliphatic carbocycles. The smallest absolute Gasteiger partial charge is 0.230 e. The molecule has 27 heavy (non-hydrogen) atoms. The fourth-order valence-electron chi connectivity index (χ4n) is 3.18. The number of nitrogens with one attached hydrogen (secondary N) is 1. The Kier molecular flexibility index (Phi) is 4.99. The standard InChI is InChI=1S/C21H20FN3OS/c22-17-7-4-8-18(13-17)25-12-11-23-20(25)27-14-19(26)24-15-21(9-10-21)16-5-2-1-3-6-16/h1-8,11-13H,9-10,14-15H2,(H,24,26). The molecule has 1 aromatic heterocycles. The van der Waals surface area contributed by atoms with Crippen molar-refractivity contribution < 1.29 is 9.18 Å². The molecule has 0 bridgehead atoms. The lowest BCUT2D eigenvalue weighted by Crippen LogP contribution is -2.33. The summed E-state index contributed by atoms with van der Waals surface area (Å²) in [5.41, 5.74) is 2.08. The predicted octanol–water partition coefficient (Wildman–Crippen LogP) is 3.95. The average molecular weight is 381 g/mol. The zero-order valence-electron chi connectivity index (χ0n) is 14.8. The van der Waals surface area contributed by atoms with Crippen molar-refractivity contribution in [2.45, 2.75) is 23.4 Å². The van der Waals surface area contributed by atoms with Gasteiger partial charge in [0, 0.05) is 24.4 Å². The van der Waals surface area contributed by atoms with Crippen LogP contribution >= 0.6 is 11.8 Å². The zero-order valence-corrected chi connectivity index (χ0v) is 15.6. The summed E-state index contributed by atoms with van der Waals surface area (Å²) in [6.45, 7) is 0.661. The lowest BCUT2D eigenvalue weighted by molar-refractivity contribution is -0.118. The second kappa shape index (κ2) is 7.56. The summed E-state index contributed by atoms with van der Waals surface area (Å²) < 4.78 is 15.2. The van der Waals surface area contributed by atoms with Crippen LogP contribution in [0.15, 0.2) is 72.1 Å². The van der Waals surface area contributed by atoms with E-state index >= 15 is 0 Å². The van der Waals surface area contributed by atoms with Gasteiger partial charge in [-0.1, -0.05) is 48.2 Å². The number of halogens is 1. The Morgan fingerprint density at radius 1 is 1.19 bits per heavy atom. The number of nitrogens with zero attached hydrogens (tertiary/aromatic N) is 2. The Morgan fingerprint density at radius 2 is 2.00 bits per heavy atom. The highest BCUT2D eigenvalue weighted by Crippen LogP contribution is 2.47. The highest BCUT2D eigenvalue weighted by atomic mass is 32.2. The first kappa shape index (κ1) is 17.8. The minimum absolute atomic E-state index is 0.0176. The lowest BCUT2D eigenvalue weighted by Gasteiger charge is -2.16. The molecule has 4 nitrogen and oxygen atoms in total. The highest BCUT2D eigenvalue weighted by molar-refractivity contribution is 7.99. The minimum Gasteiger partial charge on any atom is -0.354 e. The molecule has 1 heterocycles. The van der Waals surface area contributed by atoms with Crippen molar-refractivity contribution in [2.75, 3.05) is 12.3 Å². The van der Waals surface area contributed by atoms with Crippen LogP contribution in [0.1, 0.15) is 18.4 Å². The number of rotatable bonds is 7. The third-order valence-corrected chi connectivity index (χ3v) is 5.86. The summed E-state index contributed by atoms with van der Waals surface area (Å²) in [7, 11) is 0. The van der Waals surface area contributed by atoms with Crippen LogP contribution < -0.4 is 5.32 Å². The summed E-state index contributed by atoms with van der Waals surface area (Å²) in [6.07, 6.45) is 5.63. The van der Waals surface area contributed by atoms with Crippen LogP contribution in [0.5, 0.6) is 0 Å². The summed E-state index contributed by atoms with van der Waals surface area (Å²) in [4.78, 5) is 16.6. The number of aromatic nitrogens is 2. The van der Waals surface area contributed by atoms with E-state index in [1.165, 1.54) is 29.5 Å². The molecular formula is C21H20FN3OS. The molecule has 138 valence electrons. The molecule has 6 heteroatoms. The lowest BCUT2D eigenvalue weighted by atomic mass is 9.96. The summed E-state index contributed by atoms with van der Waals surface area (Å²) in [5.74, 6) is -0.0430. The molecular weight excluding hydrogens is 361 g/mol. The third-order valence-electron chi connectivity index (χ3n) is 4.89. The van der Waals surface area contributed by atoms with Crippen LogP contribution in [0.25, 0.3) is 5.69 Å². The van der Waals surface area contributed by atoms with Crippen molar-refractivity contribution in [2.24, 2.45) is 0 Å². The quantitative estimate of drug-likeness (QED) is 0.631. The third kappa shape index (κ3) is 4.06.